The van der Waals surface area contributed by atoms with Gasteiger partial charge < -0.3 is 9.64 Å². The maximum Gasteiger partial charge on any atom is 0.254 e. The van der Waals surface area contributed by atoms with E-state index in [4.69, 9.17) is 15.0 Å². The van der Waals surface area contributed by atoms with Gasteiger partial charge in [0.1, 0.15) is 11.9 Å². The molecule has 4 aromatic rings. The fourth-order valence-corrected chi connectivity index (χ4v) is 7.28. The number of hydrogen-bond donors (Lipinski definition) is 0. The standard InChI is InChI=1S/C31H27N3O2S2/c32-18-22-5-4-8-27(15-22)36-28-16-25-13-14-26(17-28)34(25)30(35)24-11-9-21(10-12-24)19-37-31-33-29(20-38-31)23-6-2-1-3-7-23/h1-12,15,20,25-26,28H,13-14,16-17,19H2. The van der Waals surface area contributed by atoms with Crippen molar-refractivity contribution < 1.29 is 9.53 Å². The third-order valence-corrected chi connectivity index (χ3v) is 9.40. The summed E-state index contributed by atoms with van der Waals surface area (Å²) in [5.74, 6) is 1.67. The Labute approximate surface area is 231 Å². The van der Waals surface area contributed by atoms with Crippen LogP contribution in [0, 0.1) is 11.3 Å². The molecule has 0 aliphatic carbocycles. The largest absolute Gasteiger partial charge is 0.490 e. The molecule has 2 aliphatic heterocycles. The minimum atomic E-state index is 0.0677. The van der Waals surface area contributed by atoms with Crippen LogP contribution in [0.5, 0.6) is 5.75 Å². The Hall–Kier alpha value is -3.60. The summed E-state index contributed by atoms with van der Waals surface area (Å²) in [6.45, 7) is 0. The number of carbonyl (C=O) groups is 1. The van der Waals surface area contributed by atoms with Gasteiger partial charge in [0.15, 0.2) is 4.34 Å². The molecule has 38 heavy (non-hydrogen) atoms. The Morgan fingerprint density at radius 1 is 1.03 bits per heavy atom. The molecule has 0 N–H and O–H groups in total. The first kappa shape index (κ1) is 24.7. The molecule has 1 aromatic heterocycles. The Kier molecular flexibility index (Phi) is 7.17. The van der Waals surface area contributed by atoms with E-state index in [1.807, 2.05) is 42.5 Å². The van der Waals surface area contributed by atoms with Crippen molar-refractivity contribution >= 4 is 29.0 Å². The number of piperidine rings is 1. The summed E-state index contributed by atoms with van der Waals surface area (Å²) in [5, 5.41) is 11.3. The SMILES string of the molecule is N#Cc1cccc(OC2CC3CCC(C2)N3C(=O)c2ccc(CSc3nc(-c4ccccc4)cs3)cc2)c1. The van der Waals surface area contributed by atoms with Gasteiger partial charge in [0, 0.05) is 47.2 Å². The number of carbonyl (C=O) groups excluding carboxylic acids is 1. The molecule has 2 bridgehead atoms. The van der Waals surface area contributed by atoms with Gasteiger partial charge in [-0.25, -0.2) is 4.98 Å². The first-order chi connectivity index (χ1) is 18.7. The van der Waals surface area contributed by atoms with Crippen LogP contribution in [0.4, 0.5) is 0 Å². The number of benzene rings is 3. The zero-order chi connectivity index (χ0) is 25.9. The first-order valence-electron chi connectivity index (χ1n) is 12.9. The first-order valence-corrected chi connectivity index (χ1v) is 14.7. The van der Waals surface area contributed by atoms with E-state index in [0.717, 1.165) is 58.3 Å². The van der Waals surface area contributed by atoms with Gasteiger partial charge in [0.2, 0.25) is 0 Å². The van der Waals surface area contributed by atoms with Crippen LogP contribution in [-0.2, 0) is 5.75 Å². The van der Waals surface area contributed by atoms with Crippen molar-refractivity contribution in [3.63, 3.8) is 0 Å². The van der Waals surface area contributed by atoms with E-state index in [1.54, 1.807) is 35.2 Å². The maximum atomic E-state index is 13.5. The summed E-state index contributed by atoms with van der Waals surface area (Å²) in [6, 6.07) is 28.2. The molecule has 2 unspecified atom stereocenters. The van der Waals surface area contributed by atoms with Crippen LogP contribution < -0.4 is 4.74 Å². The Balaban J connectivity index is 1.05. The fraction of sp³-hybridized carbons (Fsp3) is 0.258. The second-order valence-electron chi connectivity index (χ2n) is 9.80. The van der Waals surface area contributed by atoms with Crippen LogP contribution in [0.3, 0.4) is 0 Å². The lowest BCUT2D eigenvalue weighted by molar-refractivity contribution is 0.0359. The summed E-state index contributed by atoms with van der Waals surface area (Å²) in [5.41, 5.74) is 4.67. The van der Waals surface area contributed by atoms with Crippen molar-refractivity contribution in [2.75, 3.05) is 0 Å². The van der Waals surface area contributed by atoms with Crippen LogP contribution in [0.25, 0.3) is 11.3 Å². The molecular formula is C31H27N3O2S2. The highest BCUT2D eigenvalue weighted by molar-refractivity contribution is 8.00. The number of thiazole rings is 1. The molecule has 1 amide bonds. The van der Waals surface area contributed by atoms with Gasteiger partial charge in [0.25, 0.3) is 5.91 Å². The van der Waals surface area contributed by atoms with E-state index in [-0.39, 0.29) is 24.1 Å². The highest BCUT2D eigenvalue weighted by atomic mass is 32.2. The summed E-state index contributed by atoms with van der Waals surface area (Å²) in [7, 11) is 0. The fourth-order valence-electron chi connectivity index (χ4n) is 5.49. The third-order valence-electron chi connectivity index (χ3n) is 7.31. The molecule has 5 nitrogen and oxygen atoms in total. The molecule has 2 aliphatic rings. The van der Waals surface area contributed by atoms with Crippen molar-refractivity contribution in [2.24, 2.45) is 0 Å². The number of nitrogens with zero attached hydrogens (tertiary/aromatic N) is 3. The predicted octanol–water partition coefficient (Wildman–Crippen LogP) is 7.19. The van der Waals surface area contributed by atoms with Crippen molar-refractivity contribution in [1.29, 1.82) is 5.26 Å². The van der Waals surface area contributed by atoms with E-state index in [0.29, 0.717) is 5.56 Å². The van der Waals surface area contributed by atoms with Crippen LogP contribution in [0.1, 0.15) is 47.2 Å². The summed E-state index contributed by atoms with van der Waals surface area (Å²) in [4.78, 5) is 20.3. The van der Waals surface area contributed by atoms with Crippen molar-refractivity contribution in [2.45, 2.75) is 54.0 Å². The zero-order valence-corrected chi connectivity index (χ0v) is 22.5. The average Bonchev–Trinajstić information content (AvgIpc) is 3.54. The number of ether oxygens (including phenoxy) is 1. The minimum absolute atomic E-state index is 0.0677. The molecule has 3 aromatic carbocycles. The van der Waals surface area contributed by atoms with E-state index in [1.165, 1.54) is 5.56 Å². The second kappa shape index (κ2) is 11.0. The highest BCUT2D eigenvalue weighted by Crippen LogP contribution is 2.38. The molecule has 2 atom stereocenters. The predicted molar refractivity (Wildman–Crippen MR) is 151 cm³/mol. The highest BCUT2D eigenvalue weighted by Gasteiger charge is 2.44. The topological polar surface area (TPSA) is 66.2 Å². The van der Waals surface area contributed by atoms with E-state index in [2.05, 4.69) is 40.6 Å². The summed E-state index contributed by atoms with van der Waals surface area (Å²) >= 11 is 3.39. The molecule has 2 fully saturated rings. The molecule has 6 rings (SSSR count). The number of fused-ring (bicyclic) bond motifs is 2. The second-order valence-corrected chi connectivity index (χ2v) is 11.9. The lowest BCUT2D eigenvalue weighted by Gasteiger charge is -2.39. The lowest BCUT2D eigenvalue weighted by atomic mass is 9.98. The monoisotopic (exact) mass is 537 g/mol. The van der Waals surface area contributed by atoms with E-state index >= 15 is 0 Å². The van der Waals surface area contributed by atoms with Crippen molar-refractivity contribution in [3.8, 4) is 23.1 Å². The molecular weight excluding hydrogens is 510 g/mol. The average molecular weight is 538 g/mol. The molecule has 190 valence electrons. The Bertz CT molecular complexity index is 1450. The zero-order valence-electron chi connectivity index (χ0n) is 20.8. The number of thioether (sulfide) groups is 1. The number of nitriles is 1. The van der Waals surface area contributed by atoms with Crippen LogP contribution in [0.2, 0.25) is 0 Å². The molecule has 7 heteroatoms. The van der Waals surface area contributed by atoms with Gasteiger partial charge in [-0.1, -0.05) is 60.3 Å². The molecule has 3 heterocycles. The van der Waals surface area contributed by atoms with E-state index < -0.39 is 0 Å². The summed E-state index contributed by atoms with van der Waals surface area (Å²) < 4.78 is 7.27. The Morgan fingerprint density at radius 3 is 2.53 bits per heavy atom. The molecule has 0 spiro atoms. The van der Waals surface area contributed by atoms with Gasteiger partial charge in [-0.15, -0.1) is 11.3 Å². The van der Waals surface area contributed by atoms with Crippen LogP contribution in [-0.4, -0.2) is 34.0 Å². The Morgan fingerprint density at radius 2 is 1.79 bits per heavy atom. The number of rotatable bonds is 7. The quantitative estimate of drug-likeness (QED) is 0.234. The number of amides is 1. The lowest BCUT2D eigenvalue weighted by Crippen LogP contribution is -2.49. The van der Waals surface area contributed by atoms with Crippen LogP contribution >= 0.6 is 23.1 Å². The molecule has 2 saturated heterocycles. The normalized spacial score (nSPS) is 20.2. The van der Waals surface area contributed by atoms with E-state index in [9.17, 15) is 4.79 Å². The number of hydrogen-bond acceptors (Lipinski definition) is 6. The molecule has 0 radical (unpaired) electrons. The number of aromatic nitrogens is 1. The van der Waals surface area contributed by atoms with Gasteiger partial charge >= 0.3 is 0 Å². The summed E-state index contributed by atoms with van der Waals surface area (Å²) in [6.07, 6.45) is 3.75. The van der Waals surface area contributed by atoms with Gasteiger partial charge in [-0.3, -0.25) is 4.79 Å². The third kappa shape index (κ3) is 5.33. The van der Waals surface area contributed by atoms with Crippen molar-refractivity contribution in [3.05, 3.63) is 101 Å². The van der Waals surface area contributed by atoms with Crippen molar-refractivity contribution in [1.82, 2.24) is 9.88 Å². The smallest absolute Gasteiger partial charge is 0.254 e. The van der Waals surface area contributed by atoms with Crippen LogP contribution in [0.15, 0.2) is 88.6 Å². The van der Waals surface area contributed by atoms with Gasteiger partial charge in [-0.05, 0) is 48.7 Å². The van der Waals surface area contributed by atoms with Gasteiger partial charge in [-0.2, -0.15) is 5.26 Å². The maximum absolute atomic E-state index is 13.5. The molecule has 0 saturated carbocycles. The minimum Gasteiger partial charge on any atom is -0.490 e. The van der Waals surface area contributed by atoms with Gasteiger partial charge in [0.05, 0.1) is 17.3 Å².